The molecule has 0 radical (unpaired) electrons. The van der Waals surface area contributed by atoms with E-state index in [1.807, 2.05) is 13.8 Å². The van der Waals surface area contributed by atoms with Crippen LogP contribution < -0.4 is 14.8 Å². The number of methoxy groups -OCH3 is 2. The van der Waals surface area contributed by atoms with Gasteiger partial charge in [0.1, 0.15) is 11.5 Å². The molecule has 0 aliphatic carbocycles. The normalized spacial score (nSPS) is 14.9. The van der Waals surface area contributed by atoms with Gasteiger partial charge in [-0.15, -0.1) is 0 Å². The summed E-state index contributed by atoms with van der Waals surface area (Å²) in [5, 5.41) is 2.55. The van der Waals surface area contributed by atoms with Crippen LogP contribution in [0.25, 0.3) is 6.08 Å². The Morgan fingerprint density at radius 1 is 1.26 bits per heavy atom. The Morgan fingerprint density at radius 3 is 2.65 bits per heavy atom. The van der Waals surface area contributed by atoms with Crippen LogP contribution in [0.2, 0.25) is 0 Å². The summed E-state index contributed by atoms with van der Waals surface area (Å²) in [5.41, 5.74) is 0.620. The Balaban J connectivity index is 1.89. The van der Waals surface area contributed by atoms with Gasteiger partial charge in [-0.05, 0) is 44.2 Å². The molecular formula is C21H21BrN2O7. The highest BCUT2D eigenvalue weighted by molar-refractivity contribution is 9.10. The van der Waals surface area contributed by atoms with Crippen LogP contribution in [0.3, 0.4) is 0 Å². The van der Waals surface area contributed by atoms with Gasteiger partial charge >= 0.3 is 12.0 Å². The van der Waals surface area contributed by atoms with Crippen LogP contribution in [-0.4, -0.2) is 43.1 Å². The van der Waals surface area contributed by atoms with Gasteiger partial charge in [-0.3, -0.25) is 9.69 Å². The highest BCUT2D eigenvalue weighted by Gasteiger charge is 2.34. The molecule has 3 amide bonds. The number of nitrogens with zero attached hydrogens (tertiary/aromatic N) is 1. The number of benzene rings is 1. The molecule has 0 unspecified atom stereocenters. The molecule has 0 spiro atoms. The molecule has 1 aliphatic heterocycles. The van der Waals surface area contributed by atoms with E-state index in [4.69, 9.17) is 13.9 Å². The van der Waals surface area contributed by atoms with E-state index >= 15 is 0 Å². The average Bonchev–Trinajstić information content (AvgIpc) is 3.29. The number of carbonyl (C=O) groups is 3. The van der Waals surface area contributed by atoms with E-state index in [1.54, 1.807) is 12.1 Å². The number of furan rings is 1. The number of rotatable bonds is 7. The van der Waals surface area contributed by atoms with Crippen molar-refractivity contribution in [2.24, 2.45) is 0 Å². The quantitative estimate of drug-likeness (QED) is 0.356. The highest BCUT2D eigenvalue weighted by atomic mass is 79.9. The van der Waals surface area contributed by atoms with Gasteiger partial charge in [-0.25, -0.2) is 9.59 Å². The summed E-state index contributed by atoms with van der Waals surface area (Å²) < 4.78 is 21.9. The van der Waals surface area contributed by atoms with Gasteiger partial charge in [-0.1, -0.05) is 15.9 Å². The van der Waals surface area contributed by atoms with Gasteiger partial charge in [0, 0.05) is 10.0 Å². The van der Waals surface area contributed by atoms with Gasteiger partial charge in [0.05, 0.1) is 26.9 Å². The van der Waals surface area contributed by atoms with Crippen molar-refractivity contribution in [2.45, 2.75) is 26.5 Å². The molecule has 1 aromatic carbocycles. The van der Waals surface area contributed by atoms with Crippen LogP contribution in [0, 0.1) is 0 Å². The Hall–Kier alpha value is -3.27. The van der Waals surface area contributed by atoms with E-state index in [0.717, 1.165) is 4.90 Å². The second kappa shape index (κ2) is 9.25. The second-order valence-electron chi connectivity index (χ2n) is 6.83. The van der Waals surface area contributed by atoms with E-state index in [1.165, 1.54) is 32.4 Å². The third kappa shape index (κ3) is 4.91. The third-order valence-electron chi connectivity index (χ3n) is 4.25. The van der Waals surface area contributed by atoms with Gasteiger partial charge in [0.2, 0.25) is 5.76 Å². The summed E-state index contributed by atoms with van der Waals surface area (Å²) in [6.45, 7) is 3.60. The monoisotopic (exact) mass is 492 g/mol. The second-order valence-corrected chi connectivity index (χ2v) is 7.75. The molecule has 1 saturated heterocycles. The number of hydrogen-bond donors (Lipinski definition) is 1. The number of imide groups is 1. The lowest BCUT2D eigenvalue weighted by Gasteiger charge is -2.17. The molecule has 0 atom stereocenters. The number of esters is 1. The number of halogens is 1. The first-order valence-electron chi connectivity index (χ1n) is 9.29. The van der Waals surface area contributed by atoms with Gasteiger partial charge < -0.3 is 23.9 Å². The van der Waals surface area contributed by atoms with Crippen LogP contribution in [0.4, 0.5) is 4.79 Å². The largest absolute Gasteiger partial charge is 0.493 e. The summed E-state index contributed by atoms with van der Waals surface area (Å²) >= 11 is 3.41. The van der Waals surface area contributed by atoms with Crippen LogP contribution >= 0.6 is 15.9 Å². The van der Waals surface area contributed by atoms with Crippen LogP contribution in [0.15, 0.2) is 38.9 Å². The fraction of sp³-hybridized carbons (Fsp3) is 0.286. The van der Waals surface area contributed by atoms with Crippen molar-refractivity contribution in [2.75, 3.05) is 14.2 Å². The minimum atomic E-state index is -0.648. The molecule has 1 aliphatic rings. The maximum Gasteiger partial charge on any atom is 0.373 e. The van der Waals surface area contributed by atoms with Crippen molar-refractivity contribution in [1.82, 2.24) is 10.2 Å². The number of ether oxygens (including phenoxy) is 3. The Morgan fingerprint density at radius 2 is 2.00 bits per heavy atom. The fourth-order valence-corrected chi connectivity index (χ4v) is 3.36. The van der Waals surface area contributed by atoms with Crippen molar-refractivity contribution in [3.63, 3.8) is 0 Å². The van der Waals surface area contributed by atoms with Crippen LogP contribution in [-0.2, 0) is 16.1 Å². The summed E-state index contributed by atoms with van der Waals surface area (Å²) in [7, 11) is 2.75. The first-order chi connectivity index (χ1) is 14.7. The van der Waals surface area contributed by atoms with E-state index < -0.39 is 17.9 Å². The fourth-order valence-electron chi connectivity index (χ4n) is 2.91. The Labute approximate surface area is 187 Å². The van der Waals surface area contributed by atoms with E-state index in [-0.39, 0.29) is 29.9 Å². The SMILES string of the molecule is COC(=O)c1ccc(CN2C(=O)NC(=Cc3cc(Br)cc(OC)c3OC(C)C)C2=O)o1. The molecule has 3 rings (SSSR count). The molecular weight excluding hydrogens is 472 g/mol. The third-order valence-corrected chi connectivity index (χ3v) is 4.70. The molecule has 1 N–H and O–H groups in total. The lowest BCUT2D eigenvalue weighted by Crippen LogP contribution is -2.30. The number of nitrogens with one attached hydrogen (secondary N) is 1. The average molecular weight is 493 g/mol. The van der Waals surface area contributed by atoms with Crippen molar-refractivity contribution in [1.29, 1.82) is 0 Å². The van der Waals surface area contributed by atoms with E-state index in [2.05, 4.69) is 26.0 Å². The van der Waals surface area contributed by atoms with Gasteiger partial charge in [-0.2, -0.15) is 0 Å². The number of carbonyl (C=O) groups excluding carboxylic acids is 3. The van der Waals surface area contributed by atoms with Gasteiger partial charge in [0.25, 0.3) is 5.91 Å². The lowest BCUT2D eigenvalue weighted by molar-refractivity contribution is -0.123. The summed E-state index contributed by atoms with van der Waals surface area (Å²) in [4.78, 5) is 37.7. The van der Waals surface area contributed by atoms with Crippen molar-refractivity contribution in [3.05, 3.63) is 51.5 Å². The van der Waals surface area contributed by atoms with Gasteiger partial charge in [0.15, 0.2) is 11.5 Å². The zero-order chi connectivity index (χ0) is 22.7. The molecule has 0 bridgehead atoms. The molecule has 2 heterocycles. The molecule has 0 saturated carbocycles. The minimum absolute atomic E-state index is 0.0166. The van der Waals surface area contributed by atoms with Crippen LogP contribution in [0.1, 0.15) is 35.7 Å². The summed E-state index contributed by atoms with van der Waals surface area (Å²) in [5.74, 6) is -0.0205. The van der Waals surface area contributed by atoms with Crippen molar-refractivity contribution in [3.8, 4) is 11.5 Å². The predicted octanol–water partition coefficient (Wildman–Crippen LogP) is 3.72. The molecule has 1 fully saturated rings. The van der Waals surface area contributed by atoms with E-state index in [0.29, 0.717) is 21.5 Å². The number of hydrogen-bond acceptors (Lipinski definition) is 7. The molecule has 31 heavy (non-hydrogen) atoms. The number of urea groups is 1. The first kappa shape index (κ1) is 22.4. The molecule has 10 heteroatoms. The Bertz CT molecular complexity index is 1060. The summed E-state index contributed by atoms with van der Waals surface area (Å²) in [6.07, 6.45) is 1.38. The maximum atomic E-state index is 12.9. The zero-order valence-electron chi connectivity index (χ0n) is 17.4. The predicted molar refractivity (Wildman–Crippen MR) is 114 cm³/mol. The molecule has 1 aromatic heterocycles. The van der Waals surface area contributed by atoms with E-state index in [9.17, 15) is 14.4 Å². The summed E-state index contributed by atoms with van der Waals surface area (Å²) in [6, 6.07) is 5.81. The maximum absolute atomic E-state index is 12.9. The smallest absolute Gasteiger partial charge is 0.373 e. The Kier molecular flexibility index (Phi) is 6.69. The number of amides is 3. The highest BCUT2D eigenvalue weighted by Crippen LogP contribution is 2.37. The zero-order valence-corrected chi connectivity index (χ0v) is 18.9. The topological polar surface area (TPSA) is 107 Å². The first-order valence-corrected chi connectivity index (χ1v) is 10.1. The van der Waals surface area contributed by atoms with Crippen molar-refractivity contribution >= 4 is 39.9 Å². The minimum Gasteiger partial charge on any atom is -0.493 e. The lowest BCUT2D eigenvalue weighted by atomic mass is 10.1. The van der Waals surface area contributed by atoms with Crippen molar-refractivity contribution < 1.29 is 33.0 Å². The molecule has 164 valence electrons. The molecule has 2 aromatic rings. The molecule has 9 nitrogen and oxygen atoms in total. The van der Waals surface area contributed by atoms with Crippen LogP contribution in [0.5, 0.6) is 11.5 Å². The standard InChI is InChI=1S/C21H21BrN2O7/c1-11(2)30-18-12(7-13(22)9-17(18)28-3)8-15-19(25)24(21(27)23-15)10-14-5-6-16(31-14)20(26)29-4/h5-9,11H,10H2,1-4H3,(H,23,27).